The van der Waals surface area contributed by atoms with Crippen LogP contribution >= 0.6 is 11.6 Å². The van der Waals surface area contributed by atoms with Crippen molar-refractivity contribution < 1.29 is 19.1 Å². The van der Waals surface area contributed by atoms with E-state index in [1.807, 2.05) is 0 Å². The summed E-state index contributed by atoms with van der Waals surface area (Å²) in [5, 5.41) is 9.51. The lowest BCUT2D eigenvalue weighted by Gasteiger charge is -2.29. The summed E-state index contributed by atoms with van der Waals surface area (Å²) < 4.78 is 13.7. The molecule has 1 aliphatic carbocycles. The molecule has 1 aromatic carbocycles. The van der Waals surface area contributed by atoms with Crippen molar-refractivity contribution >= 4 is 23.5 Å². The molecule has 22 heavy (non-hydrogen) atoms. The molecule has 120 valence electrons. The number of carbonyl (C=O) groups excluding carboxylic acids is 1. The van der Waals surface area contributed by atoms with Crippen LogP contribution in [0.5, 0.6) is 0 Å². The van der Waals surface area contributed by atoms with E-state index in [0.717, 1.165) is 6.42 Å². The molecule has 0 radical (unpaired) electrons. The molecule has 0 spiro atoms. The molecule has 2 unspecified atom stereocenters. The highest BCUT2D eigenvalue weighted by Crippen LogP contribution is 2.30. The molecule has 0 aliphatic heterocycles. The van der Waals surface area contributed by atoms with E-state index in [0.29, 0.717) is 29.8 Å². The number of halogens is 2. The first-order valence-corrected chi connectivity index (χ1v) is 7.68. The second kappa shape index (κ2) is 7.09. The second-order valence-corrected chi connectivity index (χ2v) is 6.27. The number of hydrogen-bond acceptors (Lipinski definition) is 2. The van der Waals surface area contributed by atoms with E-state index in [-0.39, 0.29) is 18.4 Å². The first-order chi connectivity index (χ1) is 10.4. The van der Waals surface area contributed by atoms with Gasteiger partial charge in [0, 0.05) is 30.1 Å². The fourth-order valence-electron chi connectivity index (χ4n) is 2.95. The maximum absolute atomic E-state index is 13.7. The third kappa shape index (κ3) is 3.97. The molecule has 1 N–H and O–H groups in total. The molecule has 1 saturated carbocycles. The quantitative estimate of drug-likeness (QED) is 0.922. The van der Waals surface area contributed by atoms with Crippen molar-refractivity contribution in [3.8, 4) is 0 Å². The molecule has 2 atom stereocenters. The first-order valence-electron chi connectivity index (χ1n) is 7.30. The van der Waals surface area contributed by atoms with E-state index in [1.165, 1.54) is 23.1 Å². The lowest BCUT2D eigenvalue weighted by Crippen LogP contribution is -2.36. The minimum Gasteiger partial charge on any atom is -0.481 e. The highest BCUT2D eigenvalue weighted by molar-refractivity contribution is 6.30. The van der Waals surface area contributed by atoms with Gasteiger partial charge in [-0.1, -0.05) is 18.0 Å². The summed E-state index contributed by atoms with van der Waals surface area (Å²) in [5.41, 5.74) is 0.356. The van der Waals surface area contributed by atoms with Crippen LogP contribution in [-0.2, 0) is 16.1 Å². The molecule has 1 aliphatic rings. The Labute approximate surface area is 133 Å². The van der Waals surface area contributed by atoms with Crippen LogP contribution < -0.4 is 0 Å². The Morgan fingerprint density at radius 2 is 2.05 bits per heavy atom. The largest absolute Gasteiger partial charge is 0.481 e. The van der Waals surface area contributed by atoms with E-state index >= 15 is 0 Å². The monoisotopic (exact) mass is 327 g/mol. The van der Waals surface area contributed by atoms with Gasteiger partial charge in [-0.2, -0.15) is 0 Å². The van der Waals surface area contributed by atoms with Crippen LogP contribution in [0.1, 0.15) is 31.2 Å². The SMILES string of the molecule is CN(Cc1cc(Cl)ccc1F)C(=O)C1CCCC(C(=O)O)C1. The first kappa shape index (κ1) is 16.7. The standard InChI is InChI=1S/C16H19ClFNO3/c1-19(9-12-8-13(17)5-6-14(12)18)15(20)10-3-2-4-11(7-10)16(21)22/h5-6,8,10-11H,2-4,7,9H2,1H3,(H,21,22). The Kier molecular flexibility index (Phi) is 5.40. The van der Waals surface area contributed by atoms with Crippen LogP contribution in [-0.4, -0.2) is 28.9 Å². The number of carboxylic acids is 1. The Hall–Kier alpha value is -1.62. The highest BCUT2D eigenvalue weighted by Gasteiger charge is 2.32. The molecule has 0 aromatic heterocycles. The summed E-state index contributed by atoms with van der Waals surface area (Å²) >= 11 is 5.85. The third-order valence-corrected chi connectivity index (χ3v) is 4.40. The van der Waals surface area contributed by atoms with Gasteiger partial charge in [0.25, 0.3) is 0 Å². The molecule has 1 fully saturated rings. The smallest absolute Gasteiger partial charge is 0.306 e. The van der Waals surface area contributed by atoms with Gasteiger partial charge in [0.2, 0.25) is 5.91 Å². The van der Waals surface area contributed by atoms with E-state index in [1.54, 1.807) is 7.05 Å². The Bertz CT molecular complexity index is 579. The lowest BCUT2D eigenvalue weighted by atomic mass is 9.81. The van der Waals surface area contributed by atoms with E-state index in [4.69, 9.17) is 16.7 Å². The molecule has 2 rings (SSSR count). The predicted octanol–water partition coefficient (Wildman–Crippen LogP) is 3.33. The molecular formula is C16H19ClFNO3. The van der Waals surface area contributed by atoms with Crippen molar-refractivity contribution in [1.29, 1.82) is 0 Å². The van der Waals surface area contributed by atoms with Crippen molar-refractivity contribution in [3.63, 3.8) is 0 Å². The van der Waals surface area contributed by atoms with Crippen LogP contribution in [0.2, 0.25) is 5.02 Å². The normalized spacial score (nSPS) is 21.4. The van der Waals surface area contributed by atoms with Gasteiger partial charge in [0.1, 0.15) is 5.82 Å². The molecule has 0 bridgehead atoms. The van der Waals surface area contributed by atoms with Crippen LogP contribution in [0.25, 0.3) is 0 Å². The van der Waals surface area contributed by atoms with Gasteiger partial charge < -0.3 is 10.0 Å². The fraction of sp³-hybridized carbons (Fsp3) is 0.500. The van der Waals surface area contributed by atoms with Gasteiger partial charge in [-0.05, 0) is 37.5 Å². The fourth-order valence-corrected chi connectivity index (χ4v) is 3.14. The zero-order chi connectivity index (χ0) is 16.3. The molecule has 0 saturated heterocycles. The molecule has 0 heterocycles. The Morgan fingerprint density at radius 3 is 2.73 bits per heavy atom. The zero-order valence-electron chi connectivity index (χ0n) is 12.4. The maximum Gasteiger partial charge on any atom is 0.306 e. The Balaban J connectivity index is 2.02. The van der Waals surface area contributed by atoms with Gasteiger partial charge in [-0.3, -0.25) is 9.59 Å². The number of rotatable bonds is 4. The van der Waals surface area contributed by atoms with Crippen LogP contribution in [0.15, 0.2) is 18.2 Å². The number of hydrogen-bond donors (Lipinski definition) is 1. The predicted molar refractivity (Wildman–Crippen MR) is 81.0 cm³/mol. The average Bonchev–Trinajstić information content (AvgIpc) is 2.50. The van der Waals surface area contributed by atoms with Crippen molar-refractivity contribution in [3.05, 3.63) is 34.6 Å². The summed E-state index contributed by atoms with van der Waals surface area (Å²) in [6, 6.07) is 4.24. The number of benzene rings is 1. The number of carboxylic acid groups (broad SMARTS) is 1. The average molecular weight is 328 g/mol. The number of amides is 1. The summed E-state index contributed by atoms with van der Waals surface area (Å²) in [6.45, 7) is 0.124. The van der Waals surface area contributed by atoms with Crippen molar-refractivity contribution in [1.82, 2.24) is 4.90 Å². The number of aliphatic carboxylic acids is 1. The van der Waals surface area contributed by atoms with Crippen LogP contribution in [0, 0.1) is 17.7 Å². The van der Waals surface area contributed by atoms with Gasteiger partial charge in [-0.15, -0.1) is 0 Å². The molecule has 1 aromatic rings. The number of nitrogens with zero attached hydrogens (tertiary/aromatic N) is 1. The van der Waals surface area contributed by atoms with Gasteiger partial charge in [0.15, 0.2) is 0 Å². The molecule has 6 heteroatoms. The highest BCUT2D eigenvalue weighted by atomic mass is 35.5. The van der Waals surface area contributed by atoms with Gasteiger partial charge in [0.05, 0.1) is 5.92 Å². The number of carbonyl (C=O) groups is 2. The van der Waals surface area contributed by atoms with Gasteiger partial charge >= 0.3 is 5.97 Å². The zero-order valence-corrected chi connectivity index (χ0v) is 13.1. The van der Waals surface area contributed by atoms with E-state index in [9.17, 15) is 14.0 Å². The summed E-state index contributed by atoms with van der Waals surface area (Å²) in [7, 11) is 1.60. The van der Waals surface area contributed by atoms with Crippen molar-refractivity contribution in [2.24, 2.45) is 11.8 Å². The topological polar surface area (TPSA) is 57.6 Å². The van der Waals surface area contributed by atoms with Crippen molar-refractivity contribution in [2.45, 2.75) is 32.2 Å². The third-order valence-electron chi connectivity index (χ3n) is 4.16. The van der Waals surface area contributed by atoms with Crippen LogP contribution in [0.4, 0.5) is 4.39 Å². The summed E-state index contributed by atoms with van der Waals surface area (Å²) in [4.78, 5) is 25.0. The lowest BCUT2D eigenvalue weighted by molar-refractivity contribution is -0.145. The minimum atomic E-state index is -0.846. The van der Waals surface area contributed by atoms with E-state index < -0.39 is 17.7 Å². The second-order valence-electron chi connectivity index (χ2n) is 5.83. The summed E-state index contributed by atoms with van der Waals surface area (Å²) in [6.07, 6.45) is 2.39. The van der Waals surface area contributed by atoms with Crippen molar-refractivity contribution in [2.75, 3.05) is 7.05 Å². The summed E-state index contributed by atoms with van der Waals surface area (Å²) in [5.74, 6) is -2.15. The molecular weight excluding hydrogens is 309 g/mol. The van der Waals surface area contributed by atoms with Crippen LogP contribution in [0.3, 0.4) is 0 Å². The van der Waals surface area contributed by atoms with E-state index in [2.05, 4.69) is 0 Å². The maximum atomic E-state index is 13.7. The molecule has 1 amide bonds. The minimum absolute atomic E-state index is 0.124. The van der Waals surface area contributed by atoms with Gasteiger partial charge in [-0.25, -0.2) is 4.39 Å². The Morgan fingerprint density at radius 1 is 1.36 bits per heavy atom. The molecule has 4 nitrogen and oxygen atoms in total.